The van der Waals surface area contributed by atoms with E-state index in [2.05, 4.69) is 5.32 Å². The predicted octanol–water partition coefficient (Wildman–Crippen LogP) is 1.10. The van der Waals surface area contributed by atoms with Gasteiger partial charge in [-0.15, -0.1) is 0 Å². The Balaban J connectivity index is 2.62. The zero-order chi connectivity index (χ0) is 13.6. The highest BCUT2D eigenvalue weighted by atomic mass is 19.4. The van der Waals surface area contributed by atoms with Gasteiger partial charge >= 0.3 is 6.18 Å². The average Bonchev–Trinajstić information content (AvgIpc) is 2.29. The molecule has 0 amide bonds. The third-order valence-corrected chi connectivity index (χ3v) is 2.32. The molecule has 18 heavy (non-hydrogen) atoms. The Morgan fingerprint density at radius 3 is 2.67 bits per heavy atom. The van der Waals surface area contributed by atoms with Gasteiger partial charge in [-0.2, -0.15) is 13.2 Å². The number of hydrogen-bond donors (Lipinski definition) is 1. The first kappa shape index (κ1) is 14.7. The van der Waals surface area contributed by atoms with Crippen LogP contribution >= 0.6 is 0 Å². The lowest BCUT2D eigenvalue weighted by Crippen LogP contribution is -2.29. The van der Waals surface area contributed by atoms with E-state index in [0.717, 1.165) is 22.9 Å². The zero-order valence-electron chi connectivity index (χ0n) is 9.96. The lowest BCUT2D eigenvalue weighted by molar-refractivity contribution is -0.138. The molecule has 0 aliphatic heterocycles. The Morgan fingerprint density at radius 1 is 1.33 bits per heavy atom. The molecule has 0 atom stereocenters. The van der Waals surface area contributed by atoms with Crippen molar-refractivity contribution in [2.45, 2.75) is 12.7 Å². The number of pyridine rings is 1. The highest BCUT2D eigenvalue weighted by Gasteiger charge is 2.30. The summed E-state index contributed by atoms with van der Waals surface area (Å²) >= 11 is 0. The van der Waals surface area contributed by atoms with Gasteiger partial charge in [-0.3, -0.25) is 4.79 Å². The molecule has 0 bridgehead atoms. The van der Waals surface area contributed by atoms with E-state index in [-0.39, 0.29) is 6.54 Å². The summed E-state index contributed by atoms with van der Waals surface area (Å²) in [6.07, 6.45) is -3.60. The summed E-state index contributed by atoms with van der Waals surface area (Å²) in [5.41, 5.74) is -1.27. The molecule has 0 saturated carbocycles. The molecule has 1 heterocycles. The van der Waals surface area contributed by atoms with Crippen LogP contribution in [0, 0.1) is 0 Å². The first-order valence-electron chi connectivity index (χ1n) is 5.42. The number of halogens is 3. The van der Waals surface area contributed by atoms with E-state index in [1.54, 1.807) is 7.11 Å². The number of methoxy groups -OCH3 is 1. The van der Waals surface area contributed by atoms with Gasteiger partial charge in [0.25, 0.3) is 5.56 Å². The third-order valence-electron chi connectivity index (χ3n) is 2.32. The van der Waals surface area contributed by atoms with Crippen molar-refractivity contribution in [1.82, 2.24) is 9.88 Å². The second-order valence-electron chi connectivity index (χ2n) is 3.69. The van der Waals surface area contributed by atoms with E-state index in [0.29, 0.717) is 19.7 Å². The van der Waals surface area contributed by atoms with Crippen LogP contribution in [0.5, 0.6) is 0 Å². The summed E-state index contributed by atoms with van der Waals surface area (Å²) in [6.45, 7) is 1.69. The van der Waals surface area contributed by atoms with Crippen molar-refractivity contribution in [2.75, 3.05) is 26.8 Å². The van der Waals surface area contributed by atoms with E-state index in [9.17, 15) is 18.0 Å². The molecule has 1 aromatic heterocycles. The van der Waals surface area contributed by atoms with Crippen LogP contribution in [-0.2, 0) is 17.5 Å². The highest BCUT2D eigenvalue weighted by Crippen LogP contribution is 2.27. The number of nitrogens with zero attached hydrogens (tertiary/aromatic N) is 1. The molecule has 0 unspecified atom stereocenters. The molecule has 0 aliphatic rings. The number of ether oxygens (including phenoxy) is 1. The van der Waals surface area contributed by atoms with Crippen LogP contribution in [0.3, 0.4) is 0 Å². The summed E-state index contributed by atoms with van der Waals surface area (Å²) in [6, 6.07) is 1.72. The molecule has 4 nitrogen and oxygen atoms in total. The maximum atomic E-state index is 12.4. The molecule has 1 N–H and O–H groups in total. The van der Waals surface area contributed by atoms with Gasteiger partial charge in [-0.25, -0.2) is 0 Å². The van der Waals surface area contributed by atoms with Crippen molar-refractivity contribution in [2.24, 2.45) is 0 Å². The van der Waals surface area contributed by atoms with Gasteiger partial charge in [0.1, 0.15) is 0 Å². The first-order chi connectivity index (χ1) is 8.45. The van der Waals surface area contributed by atoms with Gasteiger partial charge in [0.2, 0.25) is 0 Å². The smallest absolute Gasteiger partial charge is 0.383 e. The van der Waals surface area contributed by atoms with Crippen molar-refractivity contribution >= 4 is 0 Å². The van der Waals surface area contributed by atoms with Gasteiger partial charge in [-0.1, -0.05) is 0 Å². The molecule has 0 aliphatic carbocycles. The Morgan fingerprint density at radius 2 is 2.06 bits per heavy atom. The van der Waals surface area contributed by atoms with E-state index >= 15 is 0 Å². The number of alkyl halides is 3. The minimum Gasteiger partial charge on any atom is -0.383 e. The third kappa shape index (κ3) is 4.50. The van der Waals surface area contributed by atoms with Crippen molar-refractivity contribution in [1.29, 1.82) is 0 Å². The summed E-state index contributed by atoms with van der Waals surface area (Å²) in [7, 11) is 1.55. The molecule has 0 fully saturated rings. The molecule has 7 heteroatoms. The fourth-order valence-electron chi connectivity index (χ4n) is 1.37. The second kappa shape index (κ2) is 6.55. The minimum atomic E-state index is -4.43. The van der Waals surface area contributed by atoms with E-state index < -0.39 is 17.3 Å². The van der Waals surface area contributed by atoms with Gasteiger partial charge in [-0.05, 0) is 6.07 Å². The van der Waals surface area contributed by atoms with E-state index in [1.807, 2.05) is 0 Å². The maximum absolute atomic E-state index is 12.4. The summed E-state index contributed by atoms with van der Waals surface area (Å²) in [4.78, 5) is 11.4. The molecular formula is C11H15F3N2O2. The van der Waals surface area contributed by atoms with Crippen LogP contribution in [-0.4, -0.2) is 31.4 Å². The predicted molar refractivity (Wildman–Crippen MR) is 60.4 cm³/mol. The lowest BCUT2D eigenvalue weighted by Gasteiger charge is -2.11. The molecule has 1 aromatic rings. The van der Waals surface area contributed by atoms with E-state index in [4.69, 9.17) is 4.74 Å². The summed E-state index contributed by atoms with van der Waals surface area (Å²) in [5.74, 6) is 0. The fourth-order valence-corrected chi connectivity index (χ4v) is 1.37. The number of aromatic nitrogens is 1. The standard InChI is InChI=1S/C11H15F3N2O2/c1-18-7-5-15-4-6-16-8-9(11(12,13)14)2-3-10(16)17/h2-3,8,15H,4-7H2,1H3. The summed E-state index contributed by atoms with van der Waals surface area (Å²) < 4.78 is 43.2. The van der Waals surface area contributed by atoms with Crippen LogP contribution in [0.2, 0.25) is 0 Å². The second-order valence-corrected chi connectivity index (χ2v) is 3.69. The topological polar surface area (TPSA) is 43.3 Å². The van der Waals surface area contributed by atoms with Crippen LogP contribution in [0.15, 0.2) is 23.1 Å². The number of rotatable bonds is 6. The molecule has 1 rings (SSSR count). The van der Waals surface area contributed by atoms with Crippen molar-refractivity contribution in [3.63, 3.8) is 0 Å². The SMILES string of the molecule is COCCNCCn1cc(C(F)(F)F)ccc1=O. The molecule has 102 valence electrons. The fraction of sp³-hybridized carbons (Fsp3) is 0.545. The highest BCUT2D eigenvalue weighted by molar-refractivity contribution is 5.13. The molecule has 0 spiro atoms. The Bertz CT molecular complexity index is 429. The number of hydrogen-bond acceptors (Lipinski definition) is 3. The Hall–Kier alpha value is -1.34. The van der Waals surface area contributed by atoms with Gasteiger partial charge in [0, 0.05) is 39.0 Å². The van der Waals surface area contributed by atoms with Crippen molar-refractivity contribution < 1.29 is 17.9 Å². The van der Waals surface area contributed by atoms with Crippen LogP contribution in [0.25, 0.3) is 0 Å². The maximum Gasteiger partial charge on any atom is 0.417 e. The molecule has 0 saturated heterocycles. The van der Waals surface area contributed by atoms with Crippen LogP contribution < -0.4 is 10.9 Å². The molecule has 0 aromatic carbocycles. The van der Waals surface area contributed by atoms with Crippen LogP contribution in [0.4, 0.5) is 13.2 Å². The van der Waals surface area contributed by atoms with Gasteiger partial charge in [0.15, 0.2) is 0 Å². The first-order valence-corrected chi connectivity index (χ1v) is 5.42. The largest absolute Gasteiger partial charge is 0.417 e. The molecular weight excluding hydrogens is 249 g/mol. The normalized spacial score (nSPS) is 11.8. The Kier molecular flexibility index (Phi) is 5.36. The Labute approximate surface area is 102 Å². The van der Waals surface area contributed by atoms with E-state index in [1.165, 1.54) is 0 Å². The number of nitrogens with one attached hydrogen (secondary N) is 1. The quantitative estimate of drug-likeness (QED) is 0.783. The van der Waals surface area contributed by atoms with Gasteiger partial charge in [0.05, 0.1) is 12.2 Å². The average molecular weight is 264 g/mol. The lowest BCUT2D eigenvalue weighted by atomic mass is 10.3. The monoisotopic (exact) mass is 264 g/mol. The van der Waals surface area contributed by atoms with Crippen LogP contribution in [0.1, 0.15) is 5.56 Å². The van der Waals surface area contributed by atoms with Gasteiger partial charge < -0.3 is 14.6 Å². The summed E-state index contributed by atoms with van der Waals surface area (Å²) in [5, 5.41) is 2.95. The van der Waals surface area contributed by atoms with Crippen molar-refractivity contribution in [3.05, 3.63) is 34.2 Å². The zero-order valence-corrected chi connectivity index (χ0v) is 9.96. The van der Waals surface area contributed by atoms with Crippen molar-refractivity contribution in [3.8, 4) is 0 Å². The molecule has 0 radical (unpaired) electrons. The minimum absolute atomic E-state index is 0.187.